The van der Waals surface area contributed by atoms with Crippen LogP contribution in [0.1, 0.15) is 52.1 Å². The minimum Gasteiger partial charge on any atom is -0.444 e. The molecule has 2 aliphatic heterocycles. The zero-order chi connectivity index (χ0) is 33.7. The summed E-state index contributed by atoms with van der Waals surface area (Å²) in [5.74, 6) is 0.832. The van der Waals surface area contributed by atoms with E-state index in [4.69, 9.17) is 31.0 Å². The average molecular weight is 677 g/mol. The first-order valence-electron chi connectivity index (χ1n) is 16.5. The summed E-state index contributed by atoms with van der Waals surface area (Å²) in [7, 11) is 0.576. The zero-order valence-corrected chi connectivity index (χ0v) is 30.2. The van der Waals surface area contributed by atoms with E-state index >= 15 is 0 Å². The Labute approximate surface area is 282 Å². The van der Waals surface area contributed by atoms with E-state index < -0.39 is 13.7 Å². The molecule has 2 fully saturated rings. The summed E-state index contributed by atoms with van der Waals surface area (Å²) in [6.45, 7) is 13.7. The van der Waals surface area contributed by atoms with Crippen molar-refractivity contribution < 1.29 is 14.3 Å². The number of rotatable bonds is 9. The predicted octanol–water partition coefficient (Wildman–Crippen LogP) is 7.04. The summed E-state index contributed by atoms with van der Waals surface area (Å²) >= 11 is 7.11. The number of piperidine rings is 1. The third kappa shape index (κ3) is 6.98. The number of hydrogen-bond donors (Lipinski definition) is 1. The van der Waals surface area contributed by atoms with Gasteiger partial charge in [0.25, 0.3) is 0 Å². The van der Waals surface area contributed by atoms with Gasteiger partial charge in [-0.2, -0.15) is 10.4 Å². The van der Waals surface area contributed by atoms with Gasteiger partial charge in [-0.15, -0.1) is 0 Å². The van der Waals surface area contributed by atoms with Gasteiger partial charge in [-0.3, -0.25) is 4.68 Å². The molecule has 1 unspecified atom stereocenters. The molecular weight excluding hydrogens is 632 g/mol. The lowest BCUT2D eigenvalue weighted by atomic mass is 9.97. The van der Waals surface area contributed by atoms with Crippen LogP contribution in [-0.2, 0) is 29.7 Å². The summed E-state index contributed by atoms with van der Waals surface area (Å²) < 4.78 is 15.5. The Morgan fingerprint density at radius 1 is 1.17 bits per heavy atom. The van der Waals surface area contributed by atoms with Crippen molar-refractivity contribution >= 4 is 53.7 Å². The number of anilines is 1. The highest BCUT2D eigenvalue weighted by Gasteiger charge is 2.42. The van der Waals surface area contributed by atoms with Crippen molar-refractivity contribution in [3.8, 4) is 17.2 Å². The van der Waals surface area contributed by atoms with Crippen molar-refractivity contribution in [3.63, 3.8) is 0 Å². The molecule has 1 amide bonds. The second-order valence-corrected chi connectivity index (χ2v) is 21.1. The van der Waals surface area contributed by atoms with E-state index in [0.29, 0.717) is 18.4 Å². The largest absolute Gasteiger partial charge is 0.444 e. The van der Waals surface area contributed by atoms with Crippen LogP contribution in [0.4, 0.5) is 10.6 Å². The summed E-state index contributed by atoms with van der Waals surface area (Å²) in [6.07, 6.45) is 7.47. The van der Waals surface area contributed by atoms with Gasteiger partial charge in [-0.25, -0.2) is 14.8 Å². The van der Waals surface area contributed by atoms with Crippen molar-refractivity contribution in [1.82, 2.24) is 29.6 Å². The number of nitrogens with zero attached hydrogens (tertiary/aromatic N) is 7. The van der Waals surface area contributed by atoms with Crippen molar-refractivity contribution in [2.75, 3.05) is 11.5 Å². The number of carbonyl (C=O) groups is 1. The highest BCUT2D eigenvalue weighted by atomic mass is 35.5. The van der Waals surface area contributed by atoms with Gasteiger partial charge in [-0.05, 0) is 58.6 Å². The van der Waals surface area contributed by atoms with Crippen LogP contribution in [0.3, 0.4) is 0 Å². The number of amides is 1. The molecule has 0 spiro atoms. The fourth-order valence-corrected chi connectivity index (χ4v) is 8.06. The molecule has 11 nitrogen and oxygen atoms in total. The number of hydrogen-bond acceptors (Lipinski definition) is 8. The van der Waals surface area contributed by atoms with Crippen LogP contribution >= 0.6 is 11.6 Å². The Morgan fingerprint density at radius 3 is 2.55 bits per heavy atom. The number of benzene rings is 1. The Hall–Kier alpha value is -3.66. The maximum atomic E-state index is 12.5. The smallest absolute Gasteiger partial charge is 0.407 e. The van der Waals surface area contributed by atoms with E-state index in [2.05, 4.69) is 41.0 Å². The SMILES string of the molecule is Cn1nc2ccc(-c3cn(COCC[Si](C)(C)C)c4nc(N5[C@@H]6CC[C@H]5CC(NC(=O)OC(C)(C)C)C6)cnc34)c(Cl)c2c1CC#N. The molecule has 13 heteroatoms. The third-order valence-corrected chi connectivity index (χ3v) is 11.2. The number of alkyl carbamates (subject to hydrolysis) is 1. The molecule has 0 aliphatic carbocycles. The molecule has 250 valence electrons. The van der Waals surface area contributed by atoms with Gasteiger partial charge in [-0.1, -0.05) is 37.3 Å². The molecule has 47 heavy (non-hydrogen) atoms. The van der Waals surface area contributed by atoms with Crippen LogP contribution in [0.15, 0.2) is 24.5 Å². The van der Waals surface area contributed by atoms with Gasteiger partial charge >= 0.3 is 6.09 Å². The summed E-state index contributed by atoms with van der Waals surface area (Å²) in [5, 5.41) is 18.5. The van der Waals surface area contributed by atoms with E-state index in [9.17, 15) is 10.1 Å². The van der Waals surface area contributed by atoms with Crippen LogP contribution in [0.2, 0.25) is 30.7 Å². The number of nitriles is 1. The maximum Gasteiger partial charge on any atom is 0.407 e. The standard InChI is InChI=1S/C34H45ClN8O3Si/c1-34(2,3)46-33(44)38-21-16-22-8-9-23(17-21)43(22)28-18-37-31-25(19-42(32(31)39-28)20-45-14-15-47(5,6)7)24-10-11-26-29(30(24)35)27(12-13-36)41(4)40-26/h10-11,18-19,21-23H,8-9,12,14-17,20H2,1-7H3,(H,38,44)/t21?,22-,23+. The Balaban J connectivity index is 1.34. The highest BCUT2D eigenvalue weighted by Crippen LogP contribution is 2.42. The van der Waals surface area contributed by atoms with Gasteiger partial charge in [0.15, 0.2) is 5.65 Å². The minimum atomic E-state index is -1.26. The summed E-state index contributed by atoms with van der Waals surface area (Å²) in [6, 6.07) is 7.77. The number of aryl methyl sites for hydroxylation is 1. The topological polar surface area (TPSA) is 123 Å². The Kier molecular flexibility index (Phi) is 9.02. The number of aromatic nitrogens is 5. The minimum absolute atomic E-state index is 0.0565. The fraction of sp³-hybridized carbons (Fsp3) is 0.559. The molecular formula is C34H45ClN8O3Si. The molecule has 1 aromatic carbocycles. The van der Waals surface area contributed by atoms with E-state index in [-0.39, 0.29) is 30.6 Å². The highest BCUT2D eigenvalue weighted by molar-refractivity contribution is 6.76. The molecule has 3 atom stereocenters. The molecule has 0 radical (unpaired) electrons. The molecule has 0 saturated carbocycles. The van der Waals surface area contributed by atoms with Gasteiger partial charge in [0.2, 0.25) is 0 Å². The lowest BCUT2D eigenvalue weighted by Crippen LogP contribution is -2.51. The molecule has 6 rings (SSSR count). The monoisotopic (exact) mass is 676 g/mol. The number of nitrogens with one attached hydrogen (secondary N) is 1. The van der Waals surface area contributed by atoms with Gasteiger partial charge < -0.3 is 24.3 Å². The number of ether oxygens (including phenoxy) is 2. The fourth-order valence-electron chi connectivity index (χ4n) is 6.94. The van der Waals surface area contributed by atoms with Crippen molar-refractivity contribution in [3.05, 3.63) is 35.2 Å². The first kappa shape index (κ1) is 33.2. The van der Waals surface area contributed by atoms with Crippen molar-refractivity contribution in [1.29, 1.82) is 5.26 Å². The zero-order valence-electron chi connectivity index (χ0n) is 28.4. The molecule has 2 bridgehead atoms. The number of halogens is 1. The van der Waals surface area contributed by atoms with Crippen LogP contribution in [0.25, 0.3) is 33.2 Å². The van der Waals surface area contributed by atoms with Crippen molar-refractivity contribution in [2.45, 2.75) is 109 Å². The Bertz CT molecular complexity index is 1840. The van der Waals surface area contributed by atoms with Crippen LogP contribution in [0, 0.1) is 11.3 Å². The molecule has 1 N–H and O–H groups in total. The number of carbonyl (C=O) groups excluding carboxylic acids is 1. The van der Waals surface area contributed by atoms with Crippen LogP contribution < -0.4 is 10.2 Å². The van der Waals surface area contributed by atoms with Gasteiger partial charge in [0.1, 0.15) is 23.7 Å². The van der Waals surface area contributed by atoms with Gasteiger partial charge in [0, 0.05) is 62.6 Å². The first-order valence-corrected chi connectivity index (χ1v) is 20.5. The maximum absolute atomic E-state index is 12.5. The summed E-state index contributed by atoms with van der Waals surface area (Å²) in [5.41, 5.74) is 4.14. The third-order valence-electron chi connectivity index (χ3n) is 9.09. The van der Waals surface area contributed by atoms with E-state index in [0.717, 1.165) is 76.4 Å². The second-order valence-electron chi connectivity index (χ2n) is 15.1. The average Bonchev–Trinajstić information content (AvgIpc) is 3.58. The van der Waals surface area contributed by atoms with Gasteiger partial charge in [0.05, 0.1) is 34.9 Å². The molecule has 2 saturated heterocycles. The first-order chi connectivity index (χ1) is 22.2. The normalized spacial score (nSPS) is 19.8. The van der Waals surface area contributed by atoms with E-state index in [1.54, 1.807) is 4.68 Å². The lowest BCUT2D eigenvalue weighted by molar-refractivity contribution is 0.0492. The number of fused-ring (bicyclic) bond motifs is 4. The molecule has 5 heterocycles. The molecule has 2 aliphatic rings. The summed E-state index contributed by atoms with van der Waals surface area (Å²) in [4.78, 5) is 25.2. The van der Waals surface area contributed by atoms with E-state index in [1.807, 2.05) is 56.9 Å². The van der Waals surface area contributed by atoms with E-state index in [1.165, 1.54) is 0 Å². The lowest BCUT2D eigenvalue weighted by Gasteiger charge is -2.39. The Morgan fingerprint density at radius 2 is 1.89 bits per heavy atom. The molecule has 3 aromatic heterocycles. The molecule has 4 aromatic rings. The quantitative estimate of drug-likeness (QED) is 0.148. The van der Waals surface area contributed by atoms with Crippen LogP contribution in [0.5, 0.6) is 0 Å². The van der Waals surface area contributed by atoms with Crippen molar-refractivity contribution in [2.24, 2.45) is 7.05 Å². The van der Waals surface area contributed by atoms with Crippen LogP contribution in [-0.4, -0.2) is 68.8 Å². The second kappa shape index (κ2) is 12.7. The predicted molar refractivity (Wildman–Crippen MR) is 187 cm³/mol.